The first-order chi connectivity index (χ1) is 14.8. The monoisotopic (exact) mass is 424 g/mol. The highest BCUT2D eigenvalue weighted by atomic mass is 19.1. The van der Waals surface area contributed by atoms with Gasteiger partial charge in [0.25, 0.3) is 5.91 Å². The second-order valence-corrected chi connectivity index (χ2v) is 8.16. The van der Waals surface area contributed by atoms with Crippen molar-refractivity contribution in [3.8, 4) is 0 Å². The van der Waals surface area contributed by atoms with Crippen LogP contribution in [0.25, 0.3) is 0 Å². The summed E-state index contributed by atoms with van der Waals surface area (Å²) in [4.78, 5) is 43.1. The highest BCUT2D eigenvalue weighted by Gasteiger charge is 2.49. The minimum absolute atomic E-state index is 0.268. The SMILES string of the molecule is Cc1ccc([C@]2(C)NC(=O)N(CC(=O)N3CCN(c4ccc(F)cc4)CC3)C2=O)cc1. The highest BCUT2D eigenvalue weighted by Crippen LogP contribution is 2.29. The molecule has 0 bridgehead atoms. The first-order valence-corrected chi connectivity index (χ1v) is 10.3. The van der Waals surface area contributed by atoms with Gasteiger partial charge in [0.1, 0.15) is 17.9 Å². The third-order valence-corrected chi connectivity index (χ3v) is 6.02. The van der Waals surface area contributed by atoms with E-state index >= 15 is 0 Å². The van der Waals surface area contributed by atoms with Crippen LogP contribution < -0.4 is 10.2 Å². The van der Waals surface area contributed by atoms with Crippen LogP contribution in [0.1, 0.15) is 18.1 Å². The molecule has 31 heavy (non-hydrogen) atoms. The fourth-order valence-electron chi connectivity index (χ4n) is 4.02. The second-order valence-electron chi connectivity index (χ2n) is 8.16. The van der Waals surface area contributed by atoms with E-state index in [1.165, 1.54) is 12.1 Å². The highest BCUT2D eigenvalue weighted by molar-refractivity contribution is 6.09. The Bertz CT molecular complexity index is 1000. The normalized spacial score (nSPS) is 21.5. The topological polar surface area (TPSA) is 73.0 Å². The number of aryl methyl sites for hydroxylation is 1. The molecule has 0 spiro atoms. The van der Waals surface area contributed by atoms with Crippen molar-refractivity contribution in [3.05, 3.63) is 65.5 Å². The number of piperazine rings is 1. The maximum absolute atomic E-state index is 13.1. The number of carbonyl (C=O) groups excluding carboxylic acids is 3. The number of anilines is 1. The quantitative estimate of drug-likeness (QED) is 0.765. The van der Waals surface area contributed by atoms with Crippen molar-refractivity contribution in [3.63, 3.8) is 0 Å². The fraction of sp³-hybridized carbons (Fsp3) is 0.348. The first-order valence-electron chi connectivity index (χ1n) is 10.3. The van der Waals surface area contributed by atoms with E-state index in [1.807, 2.05) is 31.2 Å². The number of rotatable bonds is 4. The maximum atomic E-state index is 13.1. The maximum Gasteiger partial charge on any atom is 0.325 e. The van der Waals surface area contributed by atoms with E-state index in [-0.39, 0.29) is 18.3 Å². The molecule has 2 aliphatic heterocycles. The van der Waals surface area contributed by atoms with E-state index in [9.17, 15) is 18.8 Å². The van der Waals surface area contributed by atoms with Gasteiger partial charge in [0.05, 0.1) is 0 Å². The largest absolute Gasteiger partial charge is 0.368 e. The summed E-state index contributed by atoms with van der Waals surface area (Å²) >= 11 is 0. The average Bonchev–Trinajstić information content (AvgIpc) is 2.98. The van der Waals surface area contributed by atoms with Crippen molar-refractivity contribution < 1.29 is 18.8 Å². The minimum Gasteiger partial charge on any atom is -0.368 e. The summed E-state index contributed by atoms with van der Waals surface area (Å²) in [6.45, 7) is 5.44. The third-order valence-electron chi connectivity index (χ3n) is 6.02. The van der Waals surface area contributed by atoms with E-state index in [2.05, 4.69) is 10.2 Å². The molecule has 2 aromatic carbocycles. The number of nitrogens with one attached hydrogen (secondary N) is 1. The summed E-state index contributed by atoms with van der Waals surface area (Å²) in [6, 6.07) is 13.1. The molecule has 0 aromatic heterocycles. The van der Waals surface area contributed by atoms with Gasteiger partial charge in [-0.15, -0.1) is 0 Å². The molecule has 4 rings (SSSR count). The van der Waals surface area contributed by atoms with E-state index in [4.69, 9.17) is 0 Å². The van der Waals surface area contributed by atoms with Gasteiger partial charge in [-0.3, -0.25) is 14.5 Å². The number of urea groups is 1. The number of nitrogens with zero attached hydrogens (tertiary/aromatic N) is 3. The number of benzene rings is 2. The molecule has 2 saturated heterocycles. The van der Waals surface area contributed by atoms with Crippen LogP contribution in [0.4, 0.5) is 14.9 Å². The van der Waals surface area contributed by atoms with Crippen molar-refractivity contribution in [1.82, 2.24) is 15.1 Å². The molecule has 0 saturated carbocycles. The Balaban J connectivity index is 1.38. The van der Waals surface area contributed by atoms with Crippen molar-refractivity contribution >= 4 is 23.5 Å². The number of imide groups is 1. The summed E-state index contributed by atoms with van der Waals surface area (Å²) in [7, 11) is 0. The lowest BCUT2D eigenvalue weighted by Gasteiger charge is -2.36. The predicted molar refractivity (Wildman–Crippen MR) is 114 cm³/mol. The molecule has 2 heterocycles. The van der Waals surface area contributed by atoms with Gasteiger partial charge < -0.3 is 15.1 Å². The summed E-state index contributed by atoms with van der Waals surface area (Å²) < 4.78 is 13.1. The average molecular weight is 424 g/mol. The van der Waals surface area contributed by atoms with Crippen LogP contribution in [0, 0.1) is 12.7 Å². The molecule has 2 fully saturated rings. The molecule has 4 amide bonds. The molecule has 1 atom stereocenters. The Hall–Kier alpha value is -3.42. The molecule has 1 N–H and O–H groups in total. The Morgan fingerprint density at radius 2 is 1.61 bits per heavy atom. The van der Waals surface area contributed by atoms with Gasteiger partial charge in [-0.25, -0.2) is 9.18 Å². The van der Waals surface area contributed by atoms with Gasteiger partial charge in [-0.2, -0.15) is 0 Å². The van der Waals surface area contributed by atoms with Gasteiger partial charge in [0.15, 0.2) is 0 Å². The van der Waals surface area contributed by atoms with Gasteiger partial charge in [-0.05, 0) is 43.7 Å². The minimum atomic E-state index is -1.19. The van der Waals surface area contributed by atoms with E-state index < -0.39 is 17.5 Å². The number of halogens is 1. The lowest BCUT2D eigenvalue weighted by atomic mass is 9.91. The zero-order chi connectivity index (χ0) is 22.2. The third kappa shape index (κ3) is 3.97. The van der Waals surface area contributed by atoms with Crippen LogP contribution >= 0.6 is 0 Å². The van der Waals surface area contributed by atoms with E-state index in [1.54, 1.807) is 24.0 Å². The van der Waals surface area contributed by atoms with Gasteiger partial charge in [-0.1, -0.05) is 29.8 Å². The smallest absolute Gasteiger partial charge is 0.325 e. The van der Waals surface area contributed by atoms with Crippen molar-refractivity contribution in [2.75, 3.05) is 37.6 Å². The van der Waals surface area contributed by atoms with Crippen molar-refractivity contribution in [2.45, 2.75) is 19.4 Å². The van der Waals surface area contributed by atoms with Gasteiger partial charge in [0.2, 0.25) is 5.91 Å². The van der Waals surface area contributed by atoms with Crippen LogP contribution in [0.15, 0.2) is 48.5 Å². The van der Waals surface area contributed by atoms with E-state index in [0.29, 0.717) is 31.7 Å². The van der Waals surface area contributed by atoms with Crippen LogP contribution in [-0.4, -0.2) is 60.4 Å². The molecule has 162 valence electrons. The van der Waals surface area contributed by atoms with Gasteiger partial charge in [0, 0.05) is 31.9 Å². The summed E-state index contributed by atoms with van der Waals surface area (Å²) in [6.07, 6.45) is 0. The summed E-state index contributed by atoms with van der Waals surface area (Å²) in [5.74, 6) is -0.987. The molecule has 2 aromatic rings. The zero-order valence-corrected chi connectivity index (χ0v) is 17.6. The molecule has 8 heteroatoms. The fourth-order valence-corrected chi connectivity index (χ4v) is 4.02. The molecular formula is C23H25FN4O3. The lowest BCUT2D eigenvalue weighted by Crippen LogP contribution is -2.52. The zero-order valence-electron chi connectivity index (χ0n) is 17.6. The summed E-state index contributed by atoms with van der Waals surface area (Å²) in [5.41, 5.74) is 1.44. The number of carbonyl (C=O) groups is 3. The summed E-state index contributed by atoms with van der Waals surface area (Å²) in [5, 5.41) is 2.74. The second kappa shape index (κ2) is 8.02. The molecule has 7 nitrogen and oxygen atoms in total. The molecule has 0 radical (unpaired) electrons. The van der Waals surface area contributed by atoms with Crippen LogP contribution in [0.2, 0.25) is 0 Å². The Morgan fingerprint density at radius 1 is 1.00 bits per heavy atom. The number of hydrogen-bond acceptors (Lipinski definition) is 4. The lowest BCUT2D eigenvalue weighted by molar-refractivity contribution is -0.139. The Labute approximate surface area is 180 Å². The van der Waals surface area contributed by atoms with E-state index in [0.717, 1.165) is 16.2 Å². The van der Waals surface area contributed by atoms with Gasteiger partial charge >= 0.3 is 6.03 Å². The predicted octanol–water partition coefficient (Wildman–Crippen LogP) is 2.25. The Morgan fingerprint density at radius 3 is 2.23 bits per heavy atom. The van der Waals surface area contributed by atoms with Crippen molar-refractivity contribution in [1.29, 1.82) is 0 Å². The number of amides is 4. The molecule has 0 unspecified atom stereocenters. The van der Waals surface area contributed by atoms with Crippen LogP contribution in [-0.2, 0) is 15.1 Å². The van der Waals surface area contributed by atoms with Crippen LogP contribution in [0.5, 0.6) is 0 Å². The van der Waals surface area contributed by atoms with Crippen LogP contribution in [0.3, 0.4) is 0 Å². The Kier molecular flexibility index (Phi) is 5.39. The standard InChI is InChI=1S/C23H25FN4O3/c1-16-3-5-17(6-4-16)23(2)21(30)28(22(31)25-23)15-20(29)27-13-11-26(12-14-27)19-9-7-18(24)8-10-19/h3-10H,11-15H2,1-2H3,(H,25,31)/t23-/m0/s1. The molecule has 2 aliphatic rings. The number of hydrogen-bond donors (Lipinski definition) is 1. The molecule has 0 aliphatic carbocycles. The molecular weight excluding hydrogens is 399 g/mol. The van der Waals surface area contributed by atoms with Crippen molar-refractivity contribution in [2.24, 2.45) is 0 Å². The first kappa shape index (κ1) is 20.8.